The van der Waals surface area contributed by atoms with E-state index in [1.54, 1.807) is 0 Å². The van der Waals surface area contributed by atoms with Gasteiger partial charge in [-0.1, -0.05) is 6.42 Å². The molecule has 0 unspecified atom stereocenters. The zero-order valence-electron chi connectivity index (χ0n) is 9.38. The summed E-state index contributed by atoms with van der Waals surface area (Å²) in [5.41, 5.74) is -1.14. The lowest BCUT2D eigenvalue weighted by Crippen LogP contribution is -2.44. The largest absolute Gasteiger partial charge is 0.481 e. The van der Waals surface area contributed by atoms with Gasteiger partial charge in [-0.25, -0.2) is 0 Å². The monoisotopic (exact) mass is 253 g/mol. The Hall–Kier alpha value is -1.27. The number of hydrogen-bond donors (Lipinski definition) is 1. The van der Waals surface area contributed by atoms with Gasteiger partial charge in [0.05, 0.1) is 5.41 Å². The predicted octanol–water partition coefficient (Wildman–Crippen LogP) is 1.65. The van der Waals surface area contributed by atoms with Crippen molar-refractivity contribution in [2.24, 2.45) is 5.41 Å². The highest BCUT2D eigenvalue weighted by molar-refractivity contribution is 5.85. The van der Waals surface area contributed by atoms with Crippen LogP contribution in [0.15, 0.2) is 0 Å². The van der Waals surface area contributed by atoms with Crippen molar-refractivity contribution in [3.8, 4) is 0 Å². The van der Waals surface area contributed by atoms with Crippen LogP contribution in [0, 0.1) is 5.41 Å². The van der Waals surface area contributed by atoms with Crippen LogP contribution < -0.4 is 0 Å². The third kappa shape index (κ3) is 3.34. The van der Waals surface area contributed by atoms with Crippen molar-refractivity contribution in [3.05, 3.63) is 0 Å². The fourth-order valence-electron chi connectivity index (χ4n) is 1.85. The summed E-state index contributed by atoms with van der Waals surface area (Å²) >= 11 is 0. The fraction of sp³-hybridized carbons (Fsp3) is 0.800. The van der Waals surface area contributed by atoms with Crippen LogP contribution in [0.3, 0.4) is 0 Å². The molecule has 0 atom stereocenters. The van der Waals surface area contributed by atoms with Gasteiger partial charge in [0.1, 0.15) is 6.54 Å². The van der Waals surface area contributed by atoms with Crippen LogP contribution in [0.2, 0.25) is 0 Å². The molecule has 0 heterocycles. The van der Waals surface area contributed by atoms with Gasteiger partial charge in [-0.3, -0.25) is 9.59 Å². The van der Waals surface area contributed by atoms with Gasteiger partial charge in [-0.05, 0) is 12.8 Å². The van der Waals surface area contributed by atoms with Crippen LogP contribution in [-0.4, -0.2) is 41.7 Å². The minimum Gasteiger partial charge on any atom is -0.481 e. The first kappa shape index (κ1) is 13.8. The molecule has 1 N–H and O–H groups in total. The molecule has 0 radical (unpaired) electrons. The number of aliphatic carboxylic acids is 1. The highest BCUT2D eigenvalue weighted by Crippen LogP contribution is 2.44. The van der Waals surface area contributed by atoms with E-state index in [4.69, 9.17) is 5.11 Å². The highest BCUT2D eigenvalue weighted by Gasteiger charge is 2.46. The van der Waals surface area contributed by atoms with Crippen molar-refractivity contribution >= 4 is 11.9 Å². The zero-order valence-corrected chi connectivity index (χ0v) is 9.38. The lowest BCUT2D eigenvalue weighted by molar-refractivity contribution is -0.166. The van der Waals surface area contributed by atoms with E-state index in [0.717, 1.165) is 7.05 Å². The number of nitrogens with zero attached hydrogens (tertiary/aromatic N) is 1. The second-order valence-electron chi connectivity index (χ2n) is 4.48. The lowest BCUT2D eigenvalue weighted by Gasteiger charge is -2.38. The van der Waals surface area contributed by atoms with Crippen LogP contribution in [0.1, 0.15) is 25.7 Å². The molecule has 1 aliphatic carbocycles. The summed E-state index contributed by atoms with van der Waals surface area (Å²) in [6.45, 7) is -1.35. The van der Waals surface area contributed by atoms with E-state index in [9.17, 15) is 22.8 Å². The van der Waals surface area contributed by atoms with Gasteiger partial charge < -0.3 is 10.0 Å². The number of carbonyl (C=O) groups is 2. The number of amides is 1. The molecule has 0 aromatic heterocycles. The van der Waals surface area contributed by atoms with Crippen LogP contribution >= 0.6 is 0 Å². The summed E-state index contributed by atoms with van der Waals surface area (Å²) in [6.07, 6.45) is -3.40. The zero-order chi connectivity index (χ0) is 13.3. The Balaban J connectivity index is 2.57. The normalized spacial score (nSPS) is 18.4. The summed E-state index contributed by atoms with van der Waals surface area (Å²) < 4.78 is 36.1. The quantitative estimate of drug-likeness (QED) is 0.828. The number of rotatable bonds is 4. The molecule has 1 amide bonds. The van der Waals surface area contributed by atoms with Crippen molar-refractivity contribution in [2.75, 3.05) is 13.6 Å². The fourth-order valence-corrected chi connectivity index (χ4v) is 1.85. The second kappa shape index (κ2) is 4.54. The number of hydrogen-bond acceptors (Lipinski definition) is 2. The lowest BCUT2D eigenvalue weighted by atomic mass is 9.66. The van der Waals surface area contributed by atoms with Gasteiger partial charge in [-0.15, -0.1) is 0 Å². The maximum Gasteiger partial charge on any atom is 0.406 e. The average Bonchev–Trinajstić information content (AvgIpc) is 2.07. The van der Waals surface area contributed by atoms with E-state index >= 15 is 0 Å². The maximum absolute atomic E-state index is 12.0. The molecule has 98 valence electrons. The smallest absolute Gasteiger partial charge is 0.406 e. The Labute approximate surface area is 96.4 Å². The van der Waals surface area contributed by atoms with Gasteiger partial charge >= 0.3 is 12.1 Å². The minimum absolute atomic E-state index is 0.352. The van der Waals surface area contributed by atoms with Gasteiger partial charge in [0.25, 0.3) is 0 Å². The van der Waals surface area contributed by atoms with E-state index in [1.807, 2.05) is 0 Å². The molecule has 0 bridgehead atoms. The molecule has 1 rings (SSSR count). The van der Waals surface area contributed by atoms with Gasteiger partial charge in [-0.2, -0.15) is 13.2 Å². The first-order valence-electron chi connectivity index (χ1n) is 5.20. The first-order chi connectivity index (χ1) is 7.66. The molecule has 0 aliphatic heterocycles. The average molecular weight is 253 g/mol. The SMILES string of the molecule is CN(CC(F)(F)F)C(=O)CC1(C(=O)O)CCC1. The Morgan fingerprint density at radius 3 is 2.18 bits per heavy atom. The van der Waals surface area contributed by atoms with Crippen LogP contribution in [0.5, 0.6) is 0 Å². The number of carbonyl (C=O) groups excluding carboxylic acids is 1. The molecule has 0 spiro atoms. The highest BCUT2D eigenvalue weighted by atomic mass is 19.4. The summed E-state index contributed by atoms with van der Waals surface area (Å²) in [4.78, 5) is 23.0. The van der Waals surface area contributed by atoms with E-state index in [2.05, 4.69) is 0 Å². The molecular formula is C10H14F3NO3. The molecule has 0 aromatic carbocycles. The summed E-state index contributed by atoms with van der Waals surface area (Å²) in [7, 11) is 1.03. The third-order valence-corrected chi connectivity index (χ3v) is 3.10. The van der Waals surface area contributed by atoms with Crippen LogP contribution in [0.4, 0.5) is 13.2 Å². The van der Waals surface area contributed by atoms with Crippen molar-refractivity contribution in [1.82, 2.24) is 4.90 Å². The molecular weight excluding hydrogens is 239 g/mol. The minimum atomic E-state index is -4.46. The van der Waals surface area contributed by atoms with Gasteiger partial charge in [0, 0.05) is 13.5 Å². The first-order valence-corrected chi connectivity index (χ1v) is 5.20. The van der Waals surface area contributed by atoms with Crippen LogP contribution in [0.25, 0.3) is 0 Å². The van der Waals surface area contributed by atoms with E-state index in [1.165, 1.54) is 0 Å². The molecule has 0 aromatic rings. The van der Waals surface area contributed by atoms with E-state index in [0.29, 0.717) is 24.2 Å². The van der Waals surface area contributed by atoms with Crippen LogP contribution in [-0.2, 0) is 9.59 Å². The van der Waals surface area contributed by atoms with Crippen molar-refractivity contribution in [2.45, 2.75) is 31.9 Å². The van der Waals surface area contributed by atoms with Gasteiger partial charge in [0.2, 0.25) is 5.91 Å². The number of carboxylic acids is 1. The second-order valence-corrected chi connectivity index (χ2v) is 4.48. The molecule has 0 saturated heterocycles. The molecule has 7 heteroatoms. The Morgan fingerprint density at radius 1 is 1.35 bits per heavy atom. The predicted molar refractivity (Wildman–Crippen MR) is 52.2 cm³/mol. The Morgan fingerprint density at radius 2 is 1.88 bits per heavy atom. The number of alkyl halides is 3. The molecule has 1 fully saturated rings. The van der Waals surface area contributed by atoms with Crippen molar-refractivity contribution in [3.63, 3.8) is 0 Å². The molecule has 17 heavy (non-hydrogen) atoms. The van der Waals surface area contributed by atoms with E-state index in [-0.39, 0.29) is 6.42 Å². The topological polar surface area (TPSA) is 57.6 Å². The van der Waals surface area contributed by atoms with Crippen molar-refractivity contribution in [1.29, 1.82) is 0 Å². The molecule has 1 saturated carbocycles. The van der Waals surface area contributed by atoms with E-state index < -0.39 is 30.0 Å². The summed E-state index contributed by atoms with van der Waals surface area (Å²) in [6, 6.07) is 0. The maximum atomic E-state index is 12.0. The van der Waals surface area contributed by atoms with Crippen molar-refractivity contribution < 1.29 is 27.9 Å². The summed E-state index contributed by atoms with van der Waals surface area (Å²) in [5.74, 6) is -1.87. The third-order valence-electron chi connectivity index (χ3n) is 3.10. The Kier molecular flexibility index (Phi) is 3.68. The van der Waals surface area contributed by atoms with Gasteiger partial charge in [0.15, 0.2) is 0 Å². The number of halogens is 3. The molecule has 4 nitrogen and oxygen atoms in total. The number of carboxylic acid groups (broad SMARTS) is 1. The standard InChI is InChI=1S/C10H14F3NO3/c1-14(6-10(11,12)13)7(15)5-9(8(16)17)3-2-4-9/h2-6H2,1H3,(H,16,17). The summed E-state index contributed by atoms with van der Waals surface area (Å²) in [5, 5.41) is 8.95. The Bertz CT molecular complexity index is 323. The molecule has 1 aliphatic rings.